The van der Waals surface area contributed by atoms with Crippen LogP contribution in [0.15, 0.2) is 24.3 Å². The molecular weight excluding hydrogens is 232 g/mol. The number of carboxylic acid groups (broad SMARTS) is 1. The van der Waals surface area contributed by atoms with Crippen LogP contribution in [0.4, 0.5) is 10.5 Å². The van der Waals surface area contributed by atoms with Crippen LogP contribution in [0.2, 0.25) is 0 Å². The van der Waals surface area contributed by atoms with Crippen molar-refractivity contribution in [1.29, 1.82) is 0 Å². The second-order valence-corrected chi connectivity index (χ2v) is 4.85. The van der Waals surface area contributed by atoms with Crippen LogP contribution in [0.3, 0.4) is 0 Å². The number of benzene rings is 1. The highest BCUT2D eigenvalue weighted by Crippen LogP contribution is 2.14. The van der Waals surface area contributed by atoms with Crippen LogP contribution in [-0.2, 0) is 4.79 Å². The van der Waals surface area contributed by atoms with Gasteiger partial charge in [0, 0.05) is 11.2 Å². The first-order valence-corrected chi connectivity index (χ1v) is 5.67. The van der Waals surface area contributed by atoms with Gasteiger partial charge >= 0.3 is 12.0 Å². The third kappa shape index (κ3) is 4.45. The van der Waals surface area contributed by atoms with E-state index in [9.17, 15) is 9.59 Å². The molecule has 0 saturated heterocycles. The topological polar surface area (TPSA) is 78.4 Å². The van der Waals surface area contributed by atoms with Crippen LogP contribution in [0.1, 0.15) is 25.8 Å². The lowest BCUT2D eigenvalue weighted by Crippen LogP contribution is -2.46. The number of hydrogen-bond acceptors (Lipinski definition) is 2. The molecular formula is C13H18N2O3. The molecule has 5 heteroatoms. The Hall–Kier alpha value is -2.04. The van der Waals surface area contributed by atoms with Gasteiger partial charge in [-0.05, 0) is 32.4 Å². The van der Waals surface area contributed by atoms with Gasteiger partial charge in [0.05, 0.1) is 6.42 Å². The molecule has 0 radical (unpaired) electrons. The van der Waals surface area contributed by atoms with Gasteiger partial charge in [-0.15, -0.1) is 0 Å². The molecule has 0 saturated carbocycles. The molecule has 0 aromatic heterocycles. The molecule has 18 heavy (non-hydrogen) atoms. The highest BCUT2D eigenvalue weighted by molar-refractivity contribution is 5.90. The first-order chi connectivity index (χ1) is 8.30. The molecule has 0 aliphatic rings. The van der Waals surface area contributed by atoms with Crippen molar-refractivity contribution < 1.29 is 14.7 Å². The zero-order valence-electron chi connectivity index (χ0n) is 10.8. The summed E-state index contributed by atoms with van der Waals surface area (Å²) in [4.78, 5) is 22.4. The van der Waals surface area contributed by atoms with E-state index >= 15 is 0 Å². The van der Waals surface area contributed by atoms with Crippen LogP contribution in [0.5, 0.6) is 0 Å². The number of nitrogens with one attached hydrogen (secondary N) is 2. The molecule has 1 aromatic carbocycles. The molecule has 0 bridgehead atoms. The van der Waals surface area contributed by atoms with Gasteiger partial charge in [-0.2, -0.15) is 0 Å². The summed E-state index contributed by atoms with van der Waals surface area (Å²) in [5.41, 5.74) is 0.864. The van der Waals surface area contributed by atoms with Crippen LogP contribution < -0.4 is 10.6 Å². The fourth-order valence-corrected chi connectivity index (χ4v) is 1.60. The smallest absolute Gasteiger partial charge is 0.319 e. The summed E-state index contributed by atoms with van der Waals surface area (Å²) in [6.07, 6.45) is -0.131. The first kappa shape index (κ1) is 14.0. The van der Waals surface area contributed by atoms with E-state index in [2.05, 4.69) is 10.6 Å². The SMILES string of the molecule is Cc1ccccc1NC(=O)NC(C)(C)CC(=O)O. The summed E-state index contributed by atoms with van der Waals surface area (Å²) in [7, 11) is 0. The van der Waals surface area contributed by atoms with E-state index in [1.165, 1.54) is 0 Å². The van der Waals surface area contributed by atoms with Crippen LogP contribution in [0.25, 0.3) is 0 Å². The van der Waals surface area contributed by atoms with Gasteiger partial charge < -0.3 is 15.7 Å². The van der Waals surface area contributed by atoms with E-state index in [4.69, 9.17) is 5.11 Å². The molecule has 0 aliphatic heterocycles. The minimum Gasteiger partial charge on any atom is -0.481 e. The van der Waals surface area contributed by atoms with Crippen LogP contribution in [0, 0.1) is 6.92 Å². The van der Waals surface area contributed by atoms with E-state index in [0.29, 0.717) is 5.69 Å². The maximum absolute atomic E-state index is 11.7. The molecule has 5 nitrogen and oxygen atoms in total. The Labute approximate surface area is 106 Å². The second kappa shape index (κ2) is 5.53. The molecule has 3 N–H and O–H groups in total. The number of aliphatic carboxylic acids is 1. The zero-order valence-corrected chi connectivity index (χ0v) is 10.8. The monoisotopic (exact) mass is 250 g/mol. The fraction of sp³-hybridized carbons (Fsp3) is 0.385. The Morgan fingerprint density at radius 2 is 1.89 bits per heavy atom. The number of carbonyl (C=O) groups is 2. The standard InChI is InChI=1S/C13H18N2O3/c1-9-6-4-5-7-10(9)14-12(18)15-13(2,3)8-11(16)17/h4-7H,8H2,1-3H3,(H,16,17)(H2,14,15,18). The molecule has 98 valence electrons. The first-order valence-electron chi connectivity index (χ1n) is 5.67. The van der Waals surface area contributed by atoms with E-state index in [1.807, 2.05) is 25.1 Å². The van der Waals surface area contributed by atoms with Gasteiger partial charge in [-0.3, -0.25) is 4.79 Å². The van der Waals surface area contributed by atoms with Crippen molar-refractivity contribution in [3.8, 4) is 0 Å². The number of amides is 2. The molecule has 1 aromatic rings. The average molecular weight is 250 g/mol. The predicted octanol–water partition coefficient (Wildman–Crippen LogP) is 2.37. The van der Waals surface area contributed by atoms with Crippen molar-refractivity contribution in [2.45, 2.75) is 32.7 Å². The molecule has 0 aliphatic carbocycles. The van der Waals surface area contributed by atoms with Crippen molar-refractivity contribution in [3.05, 3.63) is 29.8 Å². The lowest BCUT2D eigenvalue weighted by atomic mass is 10.0. The number of para-hydroxylation sites is 1. The number of urea groups is 1. The van der Waals surface area contributed by atoms with Crippen molar-refractivity contribution in [3.63, 3.8) is 0 Å². The molecule has 1 rings (SSSR count). The summed E-state index contributed by atoms with van der Waals surface area (Å²) in [6.45, 7) is 5.22. The van der Waals surface area contributed by atoms with Gasteiger partial charge in [0.2, 0.25) is 0 Å². The summed E-state index contributed by atoms with van der Waals surface area (Å²) in [5.74, 6) is -0.948. The summed E-state index contributed by atoms with van der Waals surface area (Å²) < 4.78 is 0. The minimum absolute atomic E-state index is 0.131. The highest BCUT2D eigenvalue weighted by Gasteiger charge is 2.23. The maximum atomic E-state index is 11.7. The van der Waals surface area contributed by atoms with Crippen molar-refractivity contribution in [2.24, 2.45) is 0 Å². The largest absolute Gasteiger partial charge is 0.481 e. The van der Waals surface area contributed by atoms with Gasteiger partial charge in [0.1, 0.15) is 0 Å². The number of hydrogen-bond donors (Lipinski definition) is 3. The Balaban J connectivity index is 2.62. The number of carbonyl (C=O) groups excluding carboxylic acids is 1. The highest BCUT2D eigenvalue weighted by atomic mass is 16.4. The molecule has 0 spiro atoms. The number of aryl methyl sites for hydroxylation is 1. The molecule has 0 fully saturated rings. The predicted molar refractivity (Wildman–Crippen MR) is 69.7 cm³/mol. The minimum atomic E-state index is -0.948. The number of carboxylic acids is 1. The third-order valence-corrected chi connectivity index (χ3v) is 2.44. The Morgan fingerprint density at radius 3 is 2.44 bits per heavy atom. The van der Waals surface area contributed by atoms with Gasteiger partial charge in [0.25, 0.3) is 0 Å². The Bertz CT molecular complexity index is 455. The second-order valence-electron chi connectivity index (χ2n) is 4.85. The van der Waals surface area contributed by atoms with Crippen molar-refractivity contribution >= 4 is 17.7 Å². The summed E-state index contributed by atoms with van der Waals surface area (Å²) >= 11 is 0. The maximum Gasteiger partial charge on any atom is 0.319 e. The lowest BCUT2D eigenvalue weighted by Gasteiger charge is -2.24. The van der Waals surface area contributed by atoms with Crippen LogP contribution >= 0.6 is 0 Å². The summed E-state index contributed by atoms with van der Waals surface area (Å²) in [6, 6.07) is 6.98. The fourth-order valence-electron chi connectivity index (χ4n) is 1.60. The van der Waals surface area contributed by atoms with E-state index in [1.54, 1.807) is 19.9 Å². The van der Waals surface area contributed by atoms with Crippen LogP contribution in [-0.4, -0.2) is 22.6 Å². The van der Waals surface area contributed by atoms with Crippen molar-refractivity contribution in [2.75, 3.05) is 5.32 Å². The molecule has 0 unspecified atom stereocenters. The molecule has 0 heterocycles. The van der Waals surface area contributed by atoms with E-state index in [-0.39, 0.29) is 6.42 Å². The molecule has 0 atom stereocenters. The Morgan fingerprint density at radius 1 is 1.28 bits per heavy atom. The lowest BCUT2D eigenvalue weighted by molar-refractivity contribution is -0.138. The molecule has 2 amide bonds. The van der Waals surface area contributed by atoms with Gasteiger partial charge in [-0.1, -0.05) is 18.2 Å². The quantitative estimate of drug-likeness (QED) is 0.767. The zero-order chi connectivity index (χ0) is 13.8. The van der Waals surface area contributed by atoms with Crippen molar-refractivity contribution in [1.82, 2.24) is 5.32 Å². The van der Waals surface area contributed by atoms with Gasteiger partial charge in [0.15, 0.2) is 0 Å². The average Bonchev–Trinajstić information content (AvgIpc) is 2.18. The van der Waals surface area contributed by atoms with E-state index in [0.717, 1.165) is 5.56 Å². The number of anilines is 1. The van der Waals surface area contributed by atoms with E-state index < -0.39 is 17.5 Å². The third-order valence-electron chi connectivity index (χ3n) is 2.44. The normalized spacial score (nSPS) is 10.8. The summed E-state index contributed by atoms with van der Waals surface area (Å²) in [5, 5.41) is 14.1. The van der Waals surface area contributed by atoms with Gasteiger partial charge in [-0.25, -0.2) is 4.79 Å². The Kier molecular flexibility index (Phi) is 4.31. The number of rotatable bonds is 4.